The summed E-state index contributed by atoms with van der Waals surface area (Å²) in [6.45, 7) is 3.01. The van der Waals surface area contributed by atoms with Gasteiger partial charge in [-0.05, 0) is 36.4 Å². The predicted molar refractivity (Wildman–Crippen MR) is 83.4 cm³/mol. The molecule has 0 saturated heterocycles. The van der Waals surface area contributed by atoms with Gasteiger partial charge in [0.2, 0.25) is 5.13 Å². The number of carbonyl (C=O) groups excluding carboxylic acids is 1. The van der Waals surface area contributed by atoms with E-state index in [4.69, 9.17) is 11.6 Å². The van der Waals surface area contributed by atoms with Gasteiger partial charge in [-0.3, -0.25) is 9.52 Å². The molecule has 10 heteroatoms. The molecule has 1 heterocycles. The van der Waals surface area contributed by atoms with Crippen molar-refractivity contribution in [2.75, 3.05) is 4.72 Å². The second kappa shape index (κ2) is 6.30. The molecule has 0 aliphatic carbocycles. The van der Waals surface area contributed by atoms with Crippen LogP contribution in [-0.2, 0) is 14.8 Å². The van der Waals surface area contributed by atoms with Gasteiger partial charge in [-0.25, -0.2) is 8.42 Å². The molecule has 0 amide bonds. The zero-order valence-electron chi connectivity index (χ0n) is 11.0. The van der Waals surface area contributed by atoms with Crippen molar-refractivity contribution in [2.24, 2.45) is 0 Å². The molecule has 0 spiro atoms. The zero-order chi connectivity index (χ0) is 15.6. The number of nitrogens with one attached hydrogen (secondary N) is 1. The largest absolute Gasteiger partial charge is 0.287 e. The topological polar surface area (TPSA) is 89.0 Å². The average Bonchev–Trinajstić information content (AvgIpc) is 2.78. The molecule has 0 bridgehead atoms. The molecule has 0 saturated carbocycles. The number of halogens is 1. The summed E-state index contributed by atoms with van der Waals surface area (Å²) in [6, 6.07) is 4.62. The first-order chi connectivity index (χ1) is 9.79. The number of thioether (sulfide) groups is 1. The number of aromatic nitrogens is 2. The van der Waals surface area contributed by atoms with Crippen molar-refractivity contribution in [3.63, 3.8) is 0 Å². The van der Waals surface area contributed by atoms with Crippen LogP contribution in [0.2, 0.25) is 5.02 Å². The van der Waals surface area contributed by atoms with E-state index < -0.39 is 10.0 Å². The van der Waals surface area contributed by atoms with Crippen molar-refractivity contribution in [1.29, 1.82) is 0 Å². The van der Waals surface area contributed by atoms with Crippen LogP contribution in [0.15, 0.2) is 27.4 Å². The molecule has 2 rings (SSSR count). The summed E-state index contributed by atoms with van der Waals surface area (Å²) in [5.41, 5.74) is 0.453. The molecule has 6 nitrogen and oxygen atoms in total. The van der Waals surface area contributed by atoms with Gasteiger partial charge in [0.1, 0.15) is 0 Å². The number of carbonyl (C=O) groups is 1. The molecule has 0 atom stereocenters. The van der Waals surface area contributed by atoms with Gasteiger partial charge in [-0.2, -0.15) is 0 Å². The first-order valence-corrected chi connectivity index (χ1v) is 9.09. The summed E-state index contributed by atoms with van der Waals surface area (Å²) in [5.74, 6) is 0. The fourth-order valence-corrected chi connectivity index (χ4v) is 4.75. The van der Waals surface area contributed by atoms with Crippen LogP contribution in [0.1, 0.15) is 12.5 Å². The standard InChI is InChI=1S/C11H10ClN3O3S3/c1-6-8(12)4-3-5-9(6)21(17,18)15-10-13-14-11(20-10)19-7(2)16/h3-5H,1-2H3,(H,13,15). The molecule has 0 aliphatic rings. The zero-order valence-corrected chi connectivity index (χ0v) is 14.2. The van der Waals surface area contributed by atoms with Crippen LogP contribution in [0.5, 0.6) is 0 Å². The summed E-state index contributed by atoms with van der Waals surface area (Å²) in [4.78, 5) is 11.0. The highest BCUT2D eigenvalue weighted by molar-refractivity contribution is 8.14. The van der Waals surface area contributed by atoms with Gasteiger partial charge < -0.3 is 0 Å². The van der Waals surface area contributed by atoms with Crippen LogP contribution in [0.4, 0.5) is 5.13 Å². The molecule has 21 heavy (non-hydrogen) atoms. The molecule has 1 aromatic carbocycles. The molecule has 2 aromatic rings. The number of rotatable bonds is 4. The summed E-state index contributed by atoms with van der Waals surface area (Å²) in [6.07, 6.45) is 0. The third kappa shape index (κ3) is 3.94. The van der Waals surface area contributed by atoms with Crippen LogP contribution in [0.25, 0.3) is 0 Å². The van der Waals surface area contributed by atoms with Crippen molar-refractivity contribution in [1.82, 2.24) is 10.2 Å². The lowest BCUT2D eigenvalue weighted by atomic mass is 10.2. The van der Waals surface area contributed by atoms with Crippen LogP contribution >= 0.6 is 34.7 Å². The van der Waals surface area contributed by atoms with Crippen molar-refractivity contribution < 1.29 is 13.2 Å². The Labute approximate surface area is 135 Å². The van der Waals surface area contributed by atoms with Gasteiger partial charge in [0, 0.05) is 11.9 Å². The monoisotopic (exact) mass is 363 g/mol. The Balaban J connectivity index is 2.27. The van der Waals surface area contributed by atoms with Crippen LogP contribution < -0.4 is 4.72 Å². The number of benzene rings is 1. The Hall–Kier alpha value is -1.16. The smallest absolute Gasteiger partial charge is 0.264 e. The summed E-state index contributed by atoms with van der Waals surface area (Å²) < 4.78 is 27.3. The summed E-state index contributed by atoms with van der Waals surface area (Å²) in [7, 11) is -3.80. The predicted octanol–water partition coefficient (Wildman–Crippen LogP) is 2.94. The number of sulfonamides is 1. The molecule has 112 valence electrons. The van der Waals surface area contributed by atoms with Crippen molar-refractivity contribution >= 4 is 55.0 Å². The van der Waals surface area contributed by atoms with E-state index in [-0.39, 0.29) is 15.1 Å². The Bertz CT molecular complexity index is 789. The highest BCUT2D eigenvalue weighted by Gasteiger charge is 2.20. The normalized spacial score (nSPS) is 11.4. The molecule has 0 aliphatic heterocycles. The number of hydrogen-bond acceptors (Lipinski definition) is 7. The molecular formula is C11H10ClN3O3S3. The molecule has 0 unspecified atom stereocenters. The molecule has 1 N–H and O–H groups in total. The maximum absolute atomic E-state index is 12.3. The lowest BCUT2D eigenvalue weighted by Gasteiger charge is -2.08. The molecular weight excluding hydrogens is 354 g/mol. The van der Waals surface area contributed by atoms with Crippen molar-refractivity contribution in [3.8, 4) is 0 Å². The van der Waals surface area contributed by atoms with Gasteiger partial charge in [-0.15, -0.1) is 10.2 Å². The third-order valence-corrected chi connectivity index (χ3v) is 6.07. The lowest BCUT2D eigenvalue weighted by molar-refractivity contribution is -0.109. The van der Waals surface area contributed by atoms with Crippen LogP contribution in [-0.4, -0.2) is 23.7 Å². The van der Waals surface area contributed by atoms with E-state index in [0.717, 1.165) is 23.1 Å². The fourth-order valence-electron chi connectivity index (χ4n) is 1.46. The third-order valence-electron chi connectivity index (χ3n) is 2.37. The minimum Gasteiger partial charge on any atom is -0.287 e. The minimum atomic E-state index is -3.80. The van der Waals surface area contributed by atoms with E-state index in [1.165, 1.54) is 13.0 Å². The first-order valence-electron chi connectivity index (χ1n) is 5.59. The van der Waals surface area contributed by atoms with E-state index in [2.05, 4.69) is 14.9 Å². The quantitative estimate of drug-likeness (QED) is 0.840. The van der Waals surface area contributed by atoms with E-state index >= 15 is 0 Å². The van der Waals surface area contributed by atoms with E-state index in [0.29, 0.717) is 14.9 Å². The maximum Gasteiger partial charge on any atom is 0.264 e. The maximum atomic E-state index is 12.3. The summed E-state index contributed by atoms with van der Waals surface area (Å²) in [5, 5.41) is 7.75. The SMILES string of the molecule is CC(=O)Sc1nnc(NS(=O)(=O)c2cccc(Cl)c2C)s1. The van der Waals surface area contributed by atoms with E-state index in [1.54, 1.807) is 19.1 Å². The Morgan fingerprint density at radius 1 is 1.38 bits per heavy atom. The fraction of sp³-hybridized carbons (Fsp3) is 0.182. The van der Waals surface area contributed by atoms with Gasteiger partial charge in [0.05, 0.1) is 4.90 Å². The highest BCUT2D eigenvalue weighted by atomic mass is 35.5. The second-order valence-corrected chi connectivity index (χ2v) is 8.39. The number of anilines is 1. The van der Waals surface area contributed by atoms with Crippen molar-refractivity contribution in [3.05, 3.63) is 28.8 Å². The highest BCUT2D eigenvalue weighted by Crippen LogP contribution is 2.29. The van der Waals surface area contributed by atoms with Gasteiger partial charge in [-0.1, -0.05) is 29.0 Å². The molecule has 1 aromatic heterocycles. The van der Waals surface area contributed by atoms with Crippen molar-refractivity contribution in [2.45, 2.75) is 23.1 Å². The lowest BCUT2D eigenvalue weighted by Crippen LogP contribution is -2.14. The van der Waals surface area contributed by atoms with Crippen LogP contribution in [0, 0.1) is 6.92 Å². The van der Waals surface area contributed by atoms with Gasteiger partial charge >= 0.3 is 0 Å². The second-order valence-electron chi connectivity index (χ2n) is 3.94. The first kappa shape index (κ1) is 16.2. The Kier molecular flexibility index (Phi) is 4.87. The number of hydrogen-bond donors (Lipinski definition) is 1. The number of nitrogens with zero attached hydrogens (tertiary/aromatic N) is 2. The molecule has 0 fully saturated rings. The van der Waals surface area contributed by atoms with Gasteiger partial charge in [0.15, 0.2) is 9.45 Å². The van der Waals surface area contributed by atoms with E-state index in [1.807, 2.05) is 0 Å². The Morgan fingerprint density at radius 2 is 2.10 bits per heavy atom. The van der Waals surface area contributed by atoms with Gasteiger partial charge in [0.25, 0.3) is 10.0 Å². The average molecular weight is 364 g/mol. The van der Waals surface area contributed by atoms with E-state index in [9.17, 15) is 13.2 Å². The van der Waals surface area contributed by atoms with Crippen LogP contribution in [0.3, 0.4) is 0 Å². The molecule has 0 radical (unpaired) electrons. The Morgan fingerprint density at radius 3 is 2.76 bits per heavy atom. The summed E-state index contributed by atoms with van der Waals surface area (Å²) >= 11 is 7.81. The minimum absolute atomic E-state index is 0.0750.